The largest absolute Gasteiger partial charge is 0.381 e. The van der Waals surface area contributed by atoms with Crippen molar-refractivity contribution in [3.05, 3.63) is 0 Å². The monoisotopic (exact) mass is 336 g/mol. The zero-order chi connectivity index (χ0) is 16.8. The molecule has 3 rings (SSSR count). The molecule has 136 valence electrons. The van der Waals surface area contributed by atoms with Gasteiger partial charge in [-0.1, -0.05) is 12.8 Å². The van der Waals surface area contributed by atoms with Gasteiger partial charge < -0.3 is 14.5 Å². The minimum absolute atomic E-state index is 0.282. The third kappa shape index (κ3) is 4.71. The van der Waals surface area contributed by atoms with Crippen LogP contribution in [0.3, 0.4) is 0 Å². The van der Waals surface area contributed by atoms with Crippen molar-refractivity contribution < 1.29 is 14.3 Å². The molecule has 0 aromatic carbocycles. The van der Waals surface area contributed by atoms with Crippen LogP contribution in [0.4, 0.5) is 0 Å². The van der Waals surface area contributed by atoms with E-state index in [4.69, 9.17) is 4.74 Å². The van der Waals surface area contributed by atoms with Crippen LogP contribution in [0.25, 0.3) is 0 Å². The molecule has 0 spiro atoms. The topological polar surface area (TPSA) is 49.9 Å². The Morgan fingerprint density at radius 3 is 2.54 bits per heavy atom. The van der Waals surface area contributed by atoms with E-state index in [9.17, 15) is 9.59 Å². The molecular formula is C19H32N2O3. The van der Waals surface area contributed by atoms with Gasteiger partial charge in [-0.15, -0.1) is 0 Å². The summed E-state index contributed by atoms with van der Waals surface area (Å²) in [7, 11) is 0. The van der Waals surface area contributed by atoms with Gasteiger partial charge >= 0.3 is 0 Å². The van der Waals surface area contributed by atoms with Crippen LogP contribution in [0.1, 0.15) is 64.2 Å². The Kier molecular flexibility index (Phi) is 6.52. The summed E-state index contributed by atoms with van der Waals surface area (Å²) < 4.78 is 5.47. The molecule has 24 heavy (non-hydrogen) atoms. The standard InChI is InChI=1S/C19H32N2O3/c22-18-7-3-10-20(18)11-4-12-21(17-8-13-24-14-9-17)19(23)15-16-5-1-2-6-16/h16-17H,1-15H2. The number of hydrogen-bond acceptors (Lipinski definition) is 3. The first-order chi connectivity index (χ1) is 11.7. The lowest BCUT2D eigenvalue weighted by Gasteiger charge is -2.35. The van der Waals surface area contributed by atoms with Crippen LogP contribution in [0.5, 0.6) is 0 Å². The van der Waals surface area contributed by atoms with Crippen molar-refractivity contribution in [3.63, 3.8) is 0 Å². The smallest absolute Gasteiger partial charge is 0.223 e. The van der Waals surface area contributed by atoms with E-state index in [1.54, 1.807) is 0 Å². The molecule has 2 heterocycles. The van der Waals surface area contributed by atoms with E-state index in [1.807, 2.05) is 4.90 Å². The van der Waals surface area contributed by atoms with Gasteiger partial charge in [0, 0.05) is 51.7 Å². The van der Waals surface area contributed by atoms with Crippen LogP contribution in [-0.2, 0) is 14.3 Å². The Morgan fingerprint density at radius 2 is 1.88 bits per heavy atom. The van der Waals surface area contributed by atoms with Gasteiger partial charge in [0.2, 0.25) is 11.8 Å². The Morgan fingerprint density at radius 1 is 1.12 bits per heavy atom. The van der Waals surface area contributed by atoms with Gasteiger partial charge in [0.05, 0.1) is 0 Å². The second-order valence-electron chi connectivity index (χ2n) is 7.62. The normalized spacial score (nSPS) is 23.2. The number of hydrogen-bond donors (Lipinski definition) is 0. The second-order valence-corrected chi connectivity index (χ2v) is 7.62. The summed E-state index contributed by atoms with van der Waals surface area (Å²) in [5.74, 6) is 1.21. The SMILES string of the molecule is O=C1CCCN1CCCN(C(=O)CC1CCCC1)C1CCOCC1. The fraction of sp³-hybridized carbons (Fsp3) is 0.895. The first kappa shape index (κ1) is 17.7. The number of nitrogens with zero attached hydrogens (tertiary/aromatic N) is 2. The van der Waals surface area contributed by atoms with Gasteiger partial charge in [-0.05, 0) is 44.4 Å². The summed E-state index contributed by atoms with van der Waals surface area (Å²) in [5, 5.41) is 0. The number of ether oxygens (including phenoxy) is 1. The lowest BCUT2D eigenvalue weighted by molar-refractivity contribution is -0.136. The highest BCUT2D eigenvalue weighted by Gasteiger charge is 2.28. The molecule has 1 saturated carbocycles. The summed E-state index contributed by atoms with van der Waals surface area (Å²) in [6.45, 7) is 4.02. The molecule has 0 radical (unpaired) electrons. The van der Waals surface area contributed by atoms with E-state index >= 15 is 0 Å². The summed E-state index contributed by atoms with van der Waals surface area (Å²) >= 11 is 0. The van der Waals surface area contributed by atoms with Gasteiger partial charge in [0.15, 0.2) is 0 Å². The van der Waals surface area contributed by atoms with Crippen LogP contribution in [0.15, 0.2) is 0 Å². The minimum Gasteiger partial charge on any atom is -0.381 e. The highest BCUT2D eigenvalue weighted by atomic mass is 16.5. The average Bonchev–Trinajstić information content (AvgIpc) is 3.24. The number of carbonyl (C=O) groups is 2. The Hall–Kier alpha value is -1.10. The third-order valence-corrected chi connectivity index (χ3v) is 5.89. The maximum atomic E-state index is 12.9. The van der Waals surface area contributed by atoms with Crippen LogP contribution in [-0.4, -0.2) is 60.5 Å². The average molecular weight is 336 g/mol. The molecule has 0 aromatic heterocycles. The Balaban J connectivity index is 1.51. The van der Waals surface area contributed by atoms with E-state index in [2.05, 4.69) is 4.90 Å². The molecule has 3 aliphatic rings. The van der Waals surface area contributed by atoms with E-state index in [-0.39, 0.29) is 5.91 Å². The van der Waals surface area contributed by atoms with Crippen molar-refractivity contribution >= 4 is 11.8 Å². The molecule has 0 atom stereocenters. The predicted molar refractivity (Wildman–Crippen MR) is 92.6 cm³/mol. The van der Waals surface area contributed by atoms with Crippen LogP contribution in [0, 0.1) is 5.92 Å². The van der Waals surface area contributed by atoms with E-state index in [0.29, 0.717) is 24.3 Å². The van der Waals surface area contributed by atoms with E-state index < -0.39 is 0 Å². The zero-order valence-corrected chi connectivity index (χ0v) is 14.9. The number of rotatable bonds is 7. The second kappa shape index (κ2) is 8.84. The van der Waals surface area contributed by atoms with Gasteiger partial charge in [-0.25, -0.2) is 0 Å². The molecule has 5 nitrogen and oxygen atoms in total. The van der Waals surface area contributed by atoms with Gasteiger partial charge in [0.25, 0.3) is 0 Å². The molecule has 1 aliphatic carbocycles. The lowest BCUT2D eigenvalue weighted by Crippen LogP contribution is -2.45. The van der Waals surface area contributed by atoms with E-state index in [1.165, 1.54) is 25.7 Å². The summed E-state index contributed by atoms with van der Waals surface area (Å²) in [6, 6.07) is 0.335. The van der Waals surface area contributed by atoms with Crippen molar-refractivity contribution in [2.45, 2.75) is 70.3 Å². The Labute approximate surface area is 145 Å². The first-order valence-corrected chi connectivity index (χ1v) is 9.89. The predicted octanol–water partition coefficient (Wildman–Crippen LogP) is 2.59. The molecule has 0 aromatic rings. The molecule has 5 heteroatoms. The quantitative estimate of drug-likeness (QED) is 0.718. The van der Waals surface area contributed by atoms with Crippen molar-refractivity contribution in [1.29, 1.82) is 0 Å². The fourth-order valence-corrected chi connectivity index (χ4v) is 4.46. The lowest BCUT2D eigenvalue weighted by atomic mass is 10.0. The van der Waals surface area contributed by atoms with Crippen LogP contribution in [0.2, 0.25) is 0 Å². The number of likely N-dealkylation sites (tertiary alicyclic amines) is 1. The maximum Gasteiger partial charge on any atom is 0.223 e. The van der Waals surface area contributed by atoms with Crippen LogP contribution >= 0.6 is 0 Å². The van der Waals surface area contributed by atoms with Crippen molar-refractivity contribution in [2.75, 3.05) is 32.8 Å². The third-order valence-electron chi connectivity index (χ3n) is 5.89. The molecule has 2 aliphatic heterocycles. The molecular weight excluding hydrogens is 304 g/mol. The molecule has 2 saturated heterocycles. The van der Waals surface area contributed by atoms with Crippen LogP contribution < -0.4 is 0 Å². The van der Waals surface area contributed by atoms with Crippen molar-refractivity contribution in [2.24, 2.45) is 5.92 Å². The highest BCUT2D eigenvalue weighted by molar-refractivity contribution is 5.78. The summed E-state index contributed by atoms with van der Waals surface area (Å²) in [4.78, 5) is 28.7. The minimum atomic E-state index is 0.282. The summed E-state index contributed by atoms with van der Waals surface area (Å²) in [5.41, 5.74) is 0. The van der Waals surface area contributed by atoms with Crippen molar-refractivity contribution in [3.8, 4) is 0 Å². The highest BCUT2D eigenvalue weighted by Crippen LogP contribution is 2.29. The summed E-state index contributed by atoms with van der Waals surface area (Å²) in [6.07, 6.45) is 10.2. The zero-order valence-electron chi connectivity index (χ0n) is 14.9. The van der Waals surface area contributed by atoms with Gasteiger partial charge in [-0.3, -0.25) is 9.59 Å². The number of carbonyl (C=O) groups excluding carboxylic acids is 2. The maximum absolute atomic E-state index is 12.9. The number of amides is 2. The van der Waals surface area contributed by atoms with E-state index in [0.717, 1.165) is 65.0 Å². The fourth-order valence-electron chi connectivity index (χ4n) is 4.46. The molecule has 0 bridgehead atoms. The molecule has 3 fully saturated rings. The van der Waals surface area contributed by atoms with Gasteiger partial charge in [-0.2, -0.15) is 0 Å². The molecule has 0 unspecified atom stereocenters. The Bertz CT molecular complexity index is 428. The molecule has 2 amide bonds. The van der Waals surface area contributed by atoms with Gasteiger partial charge in [0.1, 0.15) is 0 Å². The first-order valence-electron chi connectivity index (χ1n) is 9.89. The van der Waals surface area contributed by atoms with Crippen molar-refractivity contribution in [1.82, 2.24) is 9.80 Å². The molecule has 0 N–H and O–H groups in total.